The Morgan fingerprint density at radius 3 is 0.910 bits per heavy atom. The SMILES string of the molecule is CCCCCCCCCCCCCCC(=O)OC[C@H](COP(=O)(O)OC[C@@H](O)COP(=O)(O)OC[C@@H](COC(=O)CCCCCCC)OC(=O)CCCCCCCCCCC)OC(=O)CCCCCCCCCCC(C)CC. The zero-order valence-electron chi connectivity index (χ0n) is 49.8. The molecule has 17 nitrogen and oxygen atoms in total. The van der Waals surface area contributed by atoms with Crippen molar-refractivity contribution in [1.82, 2.24) is 0 Å². The molecule has 0 aliphatic carbocycles. The van der Waals surface area contributed by atoms with Gasteiger partial charge in [-0.2, -0.15) is 0 Å². The number of aliphatic hydroxyl groups is 1. The topological polar surface area (TPSA) is 237 Å². The molecule has 0 aromatic rings. The molecule has 0 aliphatic rings. The van der Waals surface area contributed by atoms with Gasteiger partial charge in [-0.3, -0.25) is 37.3 Å². The molecule has 78 heavy (non-hydrogen) atoms. The minimum Gasteiger partial charge on any atom is -0.462 e. The predicted molar refractivity (Wildman–Crippen MR) is 308 cm³/mol. The van der Waals surface area contributed by atoms with Crippen LogP contribution in [0.3, 0.4) is 0 Å². The summed E-state index contributed by atoms with van der Waals surface area (Å²) in [6, 6.07) is 0. The zero-order chi connectivity index (χ0) is 57.8. The van der Waals surface area contributed by atoms with E-state index in [9.17, 15) is 43.2 Å². The van der Waals surface area contributed by atoms with Crippen LogP contribution in [0.1, 0.15) is 291 Å². The van der Waals surface area contributed by atoms with Crippen molar-refractivity contribution in [1.29, 1.82) is 0 Å². The molecule has 3 N–H and O–H groups in total. The van der Waals surface area contributed by atoms with Crippen LogP contribution in [0, 0.1) is 5.92 Å². The summed E-state index contributed by atoms with van der Waals surface area (Å²) in [6.45, 7) is 7.05. The van der Waals surface area contributed by atoms with Gasteiger partial charge < -0.3 is 33.8 Å². The summed E-state index contributed by atoms with van der Waals surface area (Å²) in [7, 11) is -9.87. The number of phosphoric ester groups is 2. The van der Waals surface area contributed by atoms with Crippen molar-refractivity contribution in [2.45, 2.75) is 310 Å². The predicted octanol–water partition coefficient (Wildman–Crippen LogP) is 15.8. The van der Waals surface area contributed by atoms with Crippen LogP contribution in [0.5, 0.6) is 0 Å². The zero-order valence-corrected chi connectivity index (χ0v) is 51.6. The maximum absolute atomic E-state index is 12.9. The minimum absolute atomic E-state index is 0.105. The highest BCUT2D eigenvalue weighted by Crippen LogP contribution is 2.45. The lowest BCUT2D eigenvalue weighted by Crippen LogP contribution is -2.30. The molecule has 0 bridgehead atoms. The number of phosphoric acid groups is 2. The average molecular weight is 1160 g/mol. The first-order valence-electron chi connectivity index (χ1n) is 31.2. The summed E-state index contributed by atoms with van der Waals surface area (Å²) in [4.78, 5) is 71.7. The van der Waals surface area contributed by atoms with Crippen LogP contribution in [0.25, 0.3) is 0 Å². The standard InChI is InChI=1S/C59H114O17P2/c1-6-10-13-16-18-20-21-22-24-28-33-38-43-57(62)70-49-55(76-59(64)45-40-35-30-26-25-27-32-36-41-52(5)9-4)51-74-78(67,68)72-47-53(60)46-71-77(65,66)73-50-54(48-69-56(61)42-37-31-15-12-8-3)75-58(63)44-39-34-29-23-19-17-14-11-7-2/h52-55,60H,6-51H2,1-5H3,(H,65,66)(H,67,68)/t52?,53-,54+,55+/m0/s1. The number of hydrogen-bond donors (Lipinski definition) is 3. The smallest absolute Gasteiger partial charge is 0.462 e. The lowest BCUT2D eigenvalue weighted by Gasteiger charge is -2.21. The van der Waals surface area contributed by atoms with E-state index in [2.05, 4.69) is 34.6 Å². The van der Waals surface area contributed by atoms with E-state index in [0.717, 1.165) is 102 Å². The summed E-state index contributed by atoms with van der Waals surface area (Å²) in [5.41, 5.74) is 0. The maximum atomic E-state index is 12.9. The summed E-state index contributed by atoms with van der Waals surface area (Å²) in [6.07, 6.45) is 35.1. The van der Waals surface area contributed by atoms with E-state index in [-0.39, 0.29) is 25.7 Å². The first kappa shape index (κ1) is 76.1. The van der Waals surface area contributed by atoms with Crippen LogP contribution in [-0.4, -0.2) is 96.7 Å². The first-order valence-corrected chi connectivity index (χ1v) is 34.2. The molecular formula is C59H114O17P2. The van der Waals surface area contributed by atoms with Crippen molar-refractivity contribution in [2.24, 2.45) is 5.92 Å². The Bertz CT molecular complexity index is 1540. The summed E-state index contributed by atoms with van der Waals surface area (Å²) in [5.74, 6) is -1.38. The monoisotopic (exact) mass is 1160 g/mol. The van der Waals surface area contributed by atoms with Gasteiger partial charge in [-0.05, 0) is 31.6 Å². The van der Waals surface area contributed by atoms with Gasteiger partial charge in [-0.15, -0.1) is 0 Å². The molecule has 0 spiro atoms. The maximum Gasteiger partial charge on any atom is 0.472 e. The third-order valence-corrected chi connectivity index (χ3v) is 15.8. The van der Waals surface area contributed by atoms with E-state index in [4.69, 9.17) is 37.0 Å². The van der Waals surface area contributed by atoms with Crippen molar-refractivity contribution in [2.75, 3.05) is 39.6 Å². The molecule has 0 fully saturated rings. The van der Waals surface area contributed by atoms with Gasteiger partial charge in [-0.1, -0.05) is 240 Å². The van der Waals surface area contributed by atoms with Gasteiger partial charge >= 0.3 is 39.5 Å². The Morgan fingerprint density at radius 2 is 0.615 bits per heavy atom. The molecule has 0 aromatic heterocycles. The molecule has 6 atom stereocenters. The van der Waals surface area contributed by atoms with Gasteiger partial charge in [-0.25, -0.2) is 9.13 Å². The Morgan fingerprint density at radius 1 is 0.359 bits per heavy atom. The molecule has 0 saturated carbocycles. The molecule has 0 heterocycles. The fraction of sp³-hybridized carbons (Fsp3) is 0.932. The summed E-state index contributed by atoms with van der Waals surface area (Å²) >= 11 is 0. The van der Waals surface area contributed by atoms with Gasteiger partial charge in [0.25, 0.3) is 0 Å². The number of carbonyl (C=O) groups excluding carboxylic acids is 4. The van der Waals surface area contributed by atoms with Gasteiger partial charge in [0, 0.05) is 25.7 Å². The van der Waals surface area contributed by atoms with Gasteiger partial charge in [0.1, 0.15) is 19.3 Å². The molecule has 3 unspecified atom stereocenters. The first-order chi connectivity index (χ1) is 37.6. The molecule has 0 amide bonds. The number of rotatable bonds is 59. The number of hydrogen-bond acceptors (Lipinski definition) is 15. The van der Waals surface area contributed by atoms with E-state index in [1.54, 1.807) is 0 Å². The lowest BCUT2D eigenvalue weighted by molar-refractivity contribution is -0.161. The van der Waals surface area contributed by atoms with Crippen molar-refractivity contribution < 1.29 is 80.2 Å². The Labute approximate surface area is 473 Å². The van der Waals surface area contributed by atoms with Crippen LogP contribution in [0.2, 0.25) is 0 Å². The van der Waals surface area contributed by atoms with E-state index in [1.165, 1.54) is 109 Å². The highest BCUT2D eigenvalue weighted by Gasteiger charge is 2.30. The number of ether oxygens (including phenoxy) is 4. The van der Waals surface area contributed by atoms with Crippen molar-refractivity contribution in [3.63, 3.8) is 0 Å². The van der Waals surface area contributed by atoms with Gasteiger partial charge in [0.15, 0.2) is 12.2 Å². The fourth-order valence-corrected chi connectivity index (χ4v) is 10.2. The second kappa shape index (κ2) is 53.1. The van der Waals surface area contributed by atoms with Crippen LogP contribution in [0.4, 0.5) is 0 Å². The number of aliphatic hydroxyl groups excluding tert-OH is 1. The lowest BCUT2D eigenvalue weighted by atomic mass is 9.99. The van der Waals surface area contributed by atoms with Crippen LogP contribution < -0.4 is 0 Å². The van der Waals surface area contributed by atoms with Crippen molar-refractivity contribution >= 4 is 39.5 Å². The normalized spacial score (nSPS) is 14.7. The summed E-state index contributed by atoms with van der Waals surface area (Å²) in [5, 5.41) is 10.5. The highest BCUT2D eigenvalue weighted by molar-refractivity contribution is 7.47. The molecule has 0 aliphatic heterocycles. The number of unbranched alkanes of at least 4 members (excludes halogenated alkanes) is 30. The van der Waals surface area contributed by atoms with Crippen LogP contribution >= 0.6 is 15.6 Å². The van der Waals surface area contributed by atoms with E-state index >= 15 is 0 Å². The largest absolute Gasteiger partial charge is 0.472 e. The molecule has 19 heteroatoms. The van der Waals surface area contributed by atoms with Crippen molar-refractivity contribution in [3.05, 3.63) is 0 Å². The number of carbonyl (C=O) groups is 4. The third kappa shape index (κ3) is 52.2. The Hall–Kier alpha value is -1.94. The second-order valence-electron chi connectivity index (χ2n) is 21.6. The quantitative estimate of drug-likeness (QED) is 0.0222. The number of esters is 4. The third-order valence-electron chi connectivity index (χ3n) is 13.9. The van der Waals surface area contributed by atoms with Gasteiger partial charge in [0.2, 0.25) is 0 Å². The van der Waals surface area contributed by atoms with E-state index in [1.807, 2.05) is 0 Å². The molecule has 462 valence electrons. The Kier molecular flexibility index (Phi) is 51.8. The van der Waals surface area contributed by atoms with Crippen LogP contribution in [-0.2, 0) is 65.4 Å². The summed E-state index contributed by atoms with van der Waals surface area (Å²) < 4.78 is 67.6. The second-order valence-corrected chi connectivity index (χ2v) is 24.5. The highest BCUT2D eigenvalue weighted by atomic mass is 31.2. The molecular weight excluding hydrogens is 1040 g/mol. The minimum atomic E-state index is -4.94. The Balaban J connectivity index is 5.19. The molecule has 0 aromatic carbocycles. The van der Waals surface area contributed by atoms with Gasteiger partial charge in [0.05, 0.1) is 26.4 Å². The van der Waals surface area contributed by atoms with Crippen LogP contribution in [0.15, 0.2) is 0 Å². The fourth-order valence-electron chi connectivity index (χ4n) is 8.67. The van der Waals surface area contributed by atoms with E-state index in [0.29, 0.717) is 25.7 Å². The molecule has 0 radical (unpaired) electrons. The average Bonchev–Trinajstić information content (AvgIpc) is 3.41. The van der Waals surface area contributed by atoms with Crippen molar-refractivity contribution in [3.8, 4) is 0 Å². The molecule has 0 saturated heterocycles. The molecule has 0 rings (SSSR count). The van der Waals surface area contributed by atoms with E-state index < -0.39 is 97.5 Å².